The predicted molar refractivity (Wildman–Crippen MR) is 75.5 cm³/mol. The molecule has 0 aliphatic carbocycles. The molecule has 0 saturated carbocycles. The molecule has 1 aromatic carbocycles. The number of hydrogen-bond donors (Lipinski definition) is 1. The number of nitrogens with zero attached hydrogens (tertiary/aromatic N) is 2. The van der Waals surface area contributed by atoms with Crippen molar-refractivity contribution in [2.24, 2.45) is 7.05 Å². The second-order valence-corrected chi connectivity index (χ2v) is 5.24. The van der Waals surface area contributed by atoms with Crippen LogP contribution < -0.4 is 5.32 Å². The molecule has 1 atom stereocenters. The van der Waals surface area contributed by atoms with Gasteiger partial charge in [0.05, 0.1) is 24.2 Å². The van der Waals surface area contributed by atoms with Gasteiger partial charge in [0.25, 0.3) is 5.91 Å². The van der Waals surface area contributed by atoms with Gasteiger partial charge in [0.2, 0.25) is 0 Å². The number of aryl methyl sites for hydroxylation is 1. The third kappa shape index (κ3) is 4.49. The van der Waals surface area contributed by atoms with E-state index in [9.17, 15) is 18.0 Å². The highest BCUT2D eigenvalue weighted by molar-refractivity contribution is 6.30. The van der Waals surface area contributed by atoms with Crippen molar-refractivity contribution >= 4 is 17.5 Å². The topological polar surface area (TPSA) is 46.9 Å². The highest BCUT2D eigenvalue weighted by atomic mass is 35.5. The van der Waals surface area contributed by atoms with Gasteiger partial charge in [-0.2, -0.15) is 18.3 Å². The van der Waals surface area contributed by atoms with Crippen LogP contribution in [0.3, 0.4) is 0 Å². The molecule has 1 amide bonds. The summed E-state index contributed by atoms with van der Waals surface area (Å²) < 4.78 is 39.6. The van der Waals surface area contributed by atoms with Crippen LogP contribution in [-0.2, 0) is 7.05 Å². The average molecular weight is 332 g/mol. The summed E-state index contributed by atoms with van der Waals surface area (Å²) in [6.07, 6.45) is -2.85. The zero-order chi connectivity index (χ0) is 16.3. The normalized spacial score (nSPS) is 13.0. The minimum absolute atomic E-state index is 0.198. The molecule has 22 heavy (non-hydrogen) atoms. The lowest BCUT2D eigenvalue weighted by Gasteiger charge is -2.20. The summed E-state index contributed by atoms with van der Waals surface area (Å²) in [5.41, 5.74) is 0.530. The number of hydrogen-bond acceptors (Lipinski definition) is 2. The predicted octanol–water partition coefficient (Wildman–Crippen LogP) is 3.50. The fourth-order valence-electron chi connectivity index (χ4n) is 1.96. The highest BCUT2D eigenvalue weighted by Crippen LogP contribution is 2.30. The Balaban J connectivity index is 2.21. The first kappa shape index (κ1) is 16.4. The molecule has 1 N–H and O–H groups in total. The van der Waals surface area contributed by atoms with E-state index in [0.29, 0.717) is 10.6 Å². The van der Waals surface area contributed by atoms with Crippen LogP contribution in [-0.4, -0.2) is 21.9 Å². The third-order valence-corrected chi connectivity index (χ3v) is 3.23. The van der Waals surface area contributed by atoms with Crippen LogP contribution in [0.1, 0.15) is 28.4 Å². The molecular weight excluding hydrogens is 319 g/mol. The Hall–Kier alpha value is -2.02. The lowest BCUT2D eigenvalue weighted by atomic mass is 10.0. The number of nitrogens with one attached hydrogen (secondary N) is 1. The van der Waals surface area contributed by atoms with E-state index < -0.39 is 24.5 Å². The van der Waals surface area contributed by atoms with E-state index in [1.54, 1.807) is 7.05 Å². The number of aromatic nitrogens is 2. The minimum Gasteiger partial charge on any atom is -0.345 e. The molecule has 2 rings (SSSR count). The Bertz CT molecular complexity index is 652. The van der Waals surface area contributed by atoms with Crippen molar-refractivity contribution in [3.8, 4) is 0 Å². The maximum atomic E-state index is 12.7. The molecule has 0 spiro atoms. The molecule has 2 aromatic rings. The van der Waals surface area contributed by atoms with Gasteiger partial charge in [-0.3, -0.25) is 9.48 Å². The molecule has 1 heterocycles. The number of halogens is 4. The highest BCUT2D eigenvalue weighted by Gasteiger charge is 2.33. The number of benzene rings is 1. The fourth-order valence-corrected chi connectivity index (χ4v) is 2.08. The summed E-state index contributed by atoms with van der Waals surface area (Å²) in [7, 11) is 1.61. The Kier molecular flexibility index (Phi) is 4.75. The van der Waals surface area contributed by atoms with Crippen molar-refractivity contribution < 1.29 is 18.0 Å². The summed E-state index contributed by atoms with van der Waals surface area (Å²) in [6, 6.07) is 4.70. The van der Waals surface area contributed by atoms with Crippen LogP contribution in [0.25, 0.3) is 0 Å². The third-order valence-electron chi connectivity index (χ3n) is 2.98. The maximum absolute atomic E-state index is 12.7. The first-order chi connectivity index (χ1) is 10.2. The number of rotatable bonds is 4. The van der Waals surface area contributed by atoms with E-state index >= 15 is 0 Å². The van der Waals surface area contributed by atoms with Gasteiger partial charge in [0.15, 0.2) is 0 Å². The largest absolute Gasteiger partial charge is 0.391 e. The van der Waals surface area contributed by atoms with Gasteiger partial charge >= 0.3 is 6.18 Å². The van der Waals surface area contributed by atoms with E-state index in [0.717, 1.165) is 0 Å². The van der Waals surface area contributed by atoms with Gasteiger partial charge in [0, 0.05) is 18.3 Å². The van der Waals surface area contributed by atoms with E-state index in [1.165, 1.54) is 41.3 Å². The Morgan fingerprint density at radius 1 is 1.36 bits per heavy atom. The van der Waals surface area contributed by atoms with Crippen LogP contribution in [0.15, 0.2) is 36.7 Å². The summed E-state index contributed by atoms with van der Waals surface area (Å²) in [4.78, 5) is 12.0. The summed E-state index contributed by atoms with van der Waals surface area (Å²) in [5.74, 6) is -0.614. The van der Waals surface area contributed by atoms with Crippen molar-refractivity contribution in [1.82, 2.24) is 15.1 Å². The SMILES string of the molecule is Cn1cc(C(=O)N[C@H](CC(F)(F)F)c2ccc(Cl)cc2)cn1. The van der Waals surface area contributed by atoms with Crippen LogP contribution in [0.2, 0.25) is 5.02 Å². The first-order valence-electron chi connectivity index (χ1n) is 6.36. The van der Waals surface area contributed by atoms with Gasteiger partial charge in [0.1, 0.15) is 0 Å². The molecule has 0 unspecified atom stereocenters. The van der Waals surface area contributed by atoms with Gasteiger partial charge in [-0.25, -0.2) is 0 Å². The summed E-state index contributed by atoms with van der Waals surface area (Å²) >= 11 is 5.73. The fraction of sp³-hybridized carbons (Fsp3) is 0.286. The maximum Gasteiger partial charge on any atom is 0.391 e. The molecule has 0 aliphatic rings. The average Bonchev–Trinajstić information content (AvgIpc) is 2.84. The molecule has 0 bridgehead atoms. The Labute approximate surface area is 129 Å². The first-order valence-corrected chi connectivity index (χ1v) is 6.74. The van der Waals surface area contributed by atoms with E-state index in [4.69, 9.17) is 11.6 Å². The van der Waals surface area contributed by atoms with E-state index in [1.807, 2.05) is 0 Å². The Morgan fingerprint density at radius 3 is 2.50 bits per heavy atom. The van der Waals surface area contributed by atoms with Crippen molar-refractivity contribution in [2.45, 2.75) is 18.6 Å². The summed E-state index contributed by atoms with van der Waals surface area (Å²) in [6.45, 7) is 0. The Morgan fingerprint density at radius 2 is 2.00 bits per heavy atom. The zero-order valence-corrected chi connectivity index (χ0v) is 12.3. The van der Waals surface area contributed by atoms with Crippen LogP contribution in [0, 0.1) is 0 Å². The monoisotopic (exact) mass is 331 g/mol. The van der Waals surface area contributed by atoms with Gasteiger partial charge in [-0.15, -0.1) is 0 Å². The molecule has 0 aliphatic heterocycles. The number of carbonyl (C=O) groups excluding carboxylic acids is 1. The van der Waals surface area contributed by atoms with Crippen LogP contribution >= 0.6 is 11.6 Å². The van der Waals surface area contributed by atoms with Gasteiger partial charge < -0.3 is 5.32 Å². The smallest absolute Gasteiger partial charge is 0.345 e. The van der Waals surface area contributed by atoms with Gasteiger partial charge in [-0.05, 0) is 17.7 Å². The molecular formula is C14H13ClF3N3O. The molecule has 0 fully saturated rings. The quantitative estimate of drug-likeness (QED) is 0.932. The number of carbonyl (C=O) groups is 1. The molecule has 1 aromatic heterocycles. The second-order valence-electron chi connectivity index (χ2n) is 4.80. The van der Waals surface area contributed by atoms with Crippen LogP contribution in [0.5, 0.6) is 0 Å². The van der Waals surface area contributed by atoms with Crippen molar-refractivity contribution in [3.05, 3.63) is 52.8 Å². The minimum atomic E-state index is -4.41. The standard InChI is InChI=1S/C14H13ClF3N3O/c1-21-8-10(7-19-21)13(22)20-12(6-14(16,17)18)9-2-4-11(15)5-3-9/h2-5,7-8,12H,6H2,1H3,(H,20,22)/t12-/m1/s1. The summed E-state index contributed by atoms with van der Waals surface area (Å²) in [5, 5.41) is 6.61. The van der Waals surface area contributed by atoms with E-state index in [2.05, 4.69) is 10.4 Å². The molecule has 118 valence electrons. The molecule has 8 heteroatoms. The molecule has 4 nitrogen and oxygen atoms in total. The van der Waals surface area contributed by atoms with Crippen LogP contribution in [0.4, 0.5) is 13.2 Å². The number of amides is 1. The van der Waals surface area contributed by atoms with Gasteiger partial charge in [-0.1, -0.05) is 23.7 Å². The van der Waals surface area contributed by atoms with E-state index in [-0.39, 0.29) is 5.56 Å². The second kappa shape index (κ2) is 6.39. The van der Waals surface area contributed by atoms with Crippen molar-refractivity contribution in [1.29, 1.82) is 0 Å². The van der Waals surface area contributed by atoms with Crippen molar-refractivity contribution in [2.75, 3.05) is 0 Å². The lowest BCUT2D eigenvalue weighted by molar-refractivity contribution is -0.139. The zero-order valence-electron chi connectivity index (χ0n) is 11.6. The molecule has 0 saturated heterocycles. The van der Waals surface area contributed by atoms with Crippen molar-refractivity contribution in [3.63, 3.8) is 0 Å². The number of alkyl halides is 3. The lowest BCUT2D eigenvalue weighted by Crippen LogP contribution is -2.31. The molecule has 0 radical (unpaired) electrons.